The molecule has 16 heavy (non-hydrogen) atoms. The van der Waals surface area contributed by atoms with Crippen LogP contribution in [0.15, 0.2) is 28.1 Å². The van der Waals surface area contributed by atoms with Crippen molar-refractivity contribution in [2.75, 3.05) is 0 Å². The summed E-state index contributed by atoms with van der Waals surface area (Å²) in [5.74, 6) is -0.989. The molecule has 82 valence electrons. The molecule has 0 spiro atoms. The molecule has 0 aliphatic heterocycles. The second-order valence-corrected chi connectivity index (χ2v) is 5.08. The van der Waals surface area contributed by atoms with Crippen molar-refractivity contribution in [1.29, 1.82) is 0 Å². The smallest absolute Gasteiger partial charge is 0.355 e. The van der Waals surface area contributed by atoms with Gasteiger partial charge in [0.25, 0.3) is 0 Å². The molecule has 1 N–H and O–H groups in total. The van der Waals surface area contributed by atoms with Gasteiger partial charge in [-0.3, -0.25) is 0 Å². The van der Waals surface area contributed by atoms with Crippen molar-refractivity contribution in [3.63, 3.8) is 0 Å². The fourth-order valence-electron chi connectivity index (χ4n) is 1.36. The third-order valence-corrected chi connectivity index (χ3v) is 3.51. The highest BCUT2D eigenvalue weighted by atomic mass is 79.9. The first-order chi connectivity index (χ1) is 7.58. The summed E-state index contributed by atoms with van der Waals surface area (Å²) in [4.78, 5) is 14.8. The maximum Gasteiger partial charge on any atom is 0.355 e. The van der Waals surface area contributed by atoms with E-state index in [0.717, 1.165) is 20.6 Å². The average molecular weight is 298 g/mol. The van der Waals surface area contributed by atoms with Crippen molar-refractivity contribution >= 4 is 33.2 Å². The van der Waals surface area contributed by atoms with Gasteiger partial charge in [0.05, 0.1) is 0 Å². The van der Waals surface area contributed by atoms with Gasteiger partial charge in [0.15, 0.2) is 5.69 Å². The minimum atomic E-state index is -0.989. The summed E-state index contributed by atoms with van der Waals surface area (Å²) < 4.78 is 1.00. The van der Waals surface area contributed by atoms with Crippen molar-refractivity contribution < 1.29 is 9.90 Å². The molecule has 0 radical (unpaired) electrons. The number of thiazole rings is 1. The van der Waals surface area contributed by atoms with Crippen LogP contribution in [0.1, 0.15) is 16.1 Å². The highest BCUT2D eigenvalue weighted by molar-refractivity contribution is 9.10. The number of carbonyl (C=O) groups is 1. The van der Waals surface area contributed by atoms with Gasteiger partial charge in [-0.05, 0) is 24.6 Å². The van der Waals surface area contributed by atoms with Gasteiger partial charge in [0.2, 0.25) is 0 Å². The molecule has 1 aromatic carbocycles. The summed E-state index contributed by atoms with van der Waals surface area (Å²) in [6.45, 7) is 1.97. The third-order valence-electron chi connectivity index (χ3n) is 2.14. The first-order valence-electron chi connectivity index (χ1n) is 4.53. The Labute approximate surface area is 105 Å². The van der Waals surface area contributed by atoms with Crippen LogP contribution < -0.4 is 0 Å². The van der Waals surface area contributed by atoms with Crippen LogP contribution in [0.25, 0.3) is 10.6 Å². The Morgan fingerprint density at radius 1 is 1.50 bits per heavy atom. The third kappa shape index (κ3) is 2.15. The van der Waals surface area contributed by atoms with Crippen LogP contribution in [0.5, 0.6) is 0 Å². The Morgan fingerprint density at radius 2 is 2.25 bits per heavy atom. The largest absolute Gasteiger partial charge is 0.476 e. The van der Waals surface area contributed by atoms with Gasteiger partial charge in [-0.1, -0.05) is 22.0 Å². The van der Waals surface area contributed by atoms with Gasteiger partial charge in [0.1, 0.15) is 5.01 Å². The van der Waals surface area contributed by atoms with Gasteiger partial charge in [-0.15, -0.1) is 11.3 Å². The molecule has 0 fully saturated rings. The van der Waals surface area contributed by atoms with E-state index in [1.807, 2.05) is 25.1 Å². The molecule has 5 heteroatoms. The number of aromatic carboxylic acids is 1. The van der Waals surface area contributed by atoms with E-state index in [9.17, 15) is 4.79 Å². The summed E-state index contributed by atoms with van der Waals surface area (Å²) in [5, 5.41) is 11.1. The monoisotopic (exact) mass is 297 g/mol. The molecular formula is C11H8BrNO2S. The van der Waals surface area contributed by atoms with Crippen LogP contribution in [0.4, 0.5) is 0 Å². The summed E-state index contributed by atoms with van der Waals surface area (Å²) in [7, 11) is 0. The normalized spacial score (nSPS) is 10.4. The maximum atomic E-state index is 10.7. The lowest BCUT2D eigenvalue weighted by atomic mass is 10.1. The predicted octanol–water partition coefficient (Wildman–Crippen LogP) is 3.58. The molecule has 0 aliphatic rings. The first kappa shape index (κ1) is 11.3. The van der Waals surface area contributed by atoms with Crippen molar-refractivity contribution in [2.24, 2.45) is 0 Å². The summed E-state index contributed by atoms with van der Waals surface area (Å²) in [5.41, 5.74) is 2.14. The number of carboxylic acid groups (broad SMARTS) is 1. The van der Waals surface area contributed by atoms with Gasteiger partial charge < -0.3 is 5.11 Å². The minimum absolute atomic E-state index is 0.0994. The number of aryl methyl sites for hydroxylation is 1. The summed E-state index contributed by atoms with van der Waals surface area (Å²) in [6.07, 6.45) is 0. The topological polar surface area (TPSA) is 50.2 Å². The van der Waals surface area contributed by atoms with Crippen LogP contribution >= 0.6 is 27.3 Å². The molecule has 1 aromatic heterocycles. The Hall–Kier alpha value is -1.20. The highest BCUT2D eigenvalue weighted by Crippen LogP contribution is 2.28. The lowest BCUT2D eigenvalue weighted by Crippen LogP contribution is -1.95. The number of rotatable bonds is 2. The van der Waals surface area contributed by atoms with Crippen LogP contribution in [0.2, 0.25) is 0 Å². The maximum absolute atomic E-state index is 10.7. The van der Waals surface area contributed by atoms with E-state index in [4.69, 9.17) is 5.11 Å². The van der Waals surface area contributed by atoms with E-state index < -0.39 is 5.97 Å². The standard InChI is InChI=1S/C11H8BrNO2S/c1-6-4-7(12)2-3-8(6)10-13-9(5-16-10)11(14)15/h2-5H,1H3,(H,14,15). The Balaban J connectivity index is 2.46. The van der Waals surface area contributed by atoms with Gasteiger partial charge in [-0.25, -0.2) is 9.78 Å². The van der Waals surface area contributed by atoms with Crippen LogP contribution in [0, 0.1) is 6.92 Å². The Bertz CT molecular complexity index is 551. The zero-order valence-electron chi connectivity index (χ0n) is 8.40. The molecule has 0 saturated heterocycles. The molecule has 2 aromatic rings. The fraction of sp³-hybridized carbons (Fsp3) is 0.0909. The Morgan fingerprint density at radius 3 is 2.81 bits per heavy atom. The first-order valence-corrected chi connectivity index (χ1v) is 6.20. The molecule has 1 heterocycles. The second-order valence-electron chi connectivity index (χ2n) is 3.30. The number of halogens is 1. The number of nitrogens with zero attached hydrogens (tertiary/aromatic N) is 1. The van der Waals surface area contributed by atoms with Crippen LogP contribution in [-0.4, -0.2) is 16.1 Å². The number of carboxylic acids is 1. The van der Waals surface area contributed by atoms with Crippen LogP contribution in [-0.2, 0) is 0 Å². The van der Waals surface area contributed by atoms with Gasteiger partial charge >= 0.3 is 5.97 Å². The zero-order valence-corrected chi connectivity index (χ0v) is 10.8. The number of hydrogen-bond donors (Lipinski definition) is 1. The second kappa shape index (κ2) is 4.35. The van der Waals surface area contributed by atoms with Gasteiger partial charge in [-0.2, -0.15) is 0 Å². The Kier molecular flexibility index (Phi) is 3.07. The molecular weight excluding hydrogens is 290 g/mol. The van der Waals surface area contributed by atoms with E-state index in [1.165, 1.54) is 11.3 Å². The van der Waals surface area contributed by atoms with E-state index in [-0.39, 0.29) is 5.69 Å². The molecule has 0 aliphatic carbocycles. The molecule has 0 saturated carbocycles. The summed E-state index contributed by atoms with van der Waals surface area (Å²) in [6, 6.07) is 5.84. The zero-order chi connectivity index (χ0) is 11.7. The molecule has 3 nitrogen and oxygen atoms in total. The molecule has 2 rings (SSSR count). The number of hydrogen-bond acceptors (Lipinski definition) is 3. The van der Waals surface area contributed by atoms with Crippen molar-refractivity contribution in [3.8, 4) is 10.6 Å². The number of aromatic nitrogens is 1. The molecule has 0 amide bonds. The minimum Gasteiger partial charge on any atom is -0.476 e. The number of benzene rings is 1. The fourth-order valence-corrected chi connectivity index (χ4v) is 2.72. The van der Waals surface area contributed by atoms with E-state index in [2.05, 4.69) is 20.9 Å². The van der Waals surface area contributed by atoms with E-state index in [1.54, 1.807) is 5.38 Å². The lowest BCUT2D eigenvalue weighted by molar-refractivity contribution is 0.0691. The summed E-state index contributed by atoms with van der Waals surface area (Å²) >= 11 is 4.73. The van der Waals surface area contributed by atoms with Crippen molar-refractivity contribution in [2.45, 2.75) is 6.92 Å². The highest BCUT2D eigenvalue weighted by Gasteiger charge is 2.11. The SMILES string of the molecule is Cc1cc(Br)ccc1-c1nc(C(=O)O)cs1. The van der Waals surface area contributed by atoms with E-state index >= 15 is 0 Å². The quantitative estimate of drug-likeness (QED) is 0.922. The predicted molar refractivity (Wildman–Crippen MR) is 66.9 cm³/mol. The van der Waals surface area contributed by atoms with Crippen LogP contribution in [0.3, 0.4) is 0 Å². The van der Waals surface area contributed by atoms with Crippen molar-refractivity contribution in [1.82, 2.24) is 4.98 Å². The molecule has 0 unspecified atom stereocenters. The van der Waals surface area contributed by atoms with Gasteiger partial charge in [0, 0.05) is 15.4 Å². The average Bonchev–Trinajstić information content (AvgIpc) is 2.66. The van der Waals surface area contributed by atoms with Crippen molar-refractivity contribution in [3.05, 3.63) is 39.3 Å². The molecule has 0 atom stereocenters. The molecule has 0 bridgehead atoms. The van der Waals surface area contributed by atoms with E-state index in [0.29, 0.717) is 0 Å². The lowest BCUT2D eigenvalue weighted by Gasteiger charge is -2.01.